The Bertz CT molecular complexity index is 372. The molecule has 0 atom stereocenters. The summed E-state index contributed by atoms with van der Waals surface area (Å²) in [5.74, 6) is -7.35. The Kier molecular flexibility index (Phi) is 5.01. The van der Waals surface area contributed by atoms with E-state index in [9.17, 15) is 35.5 Å². The second-order valence-corrected chi connectivity index (χ2v) is 4.62. The van der Waals surface area contributed by atoms with Gasteiger partial charge in [-0.2, -0.15) is 30.7 Å². The molecule has 2 nitrogen and oxygen atoms in total. The molecule has 0 aromatic carbocycles. The van der Waals surface area contributed by atoms with E-state index in [0.717, 1.165) is 0 Å². The van der Waals surface area contributed by atoms with Crippen molar-refractivity contribution in [2.24, 2.45) is 0 Å². The number of ether oxygens (including phenoxy) is 1. The van der Waals surface area contributed by atoms with Crippen molar-refractivity contribution in [1.29, 1.82) is 0 Å². The zero-order valence-corrected chi connectivity index (χ0v) is 10.2. The van der Waals surface area contributed by atoms with Crippen LogP contribution in [0.1, 0.15) is 27.2 Å². The van der Waals surface area contributed by atoms with Crippen LogP contribution in [0.15, 0.2) is 11.7 Å². The lowest BCUT2D eigenvalue weighted by atomic mass is 10.1. The molecule has 0 saturated carbocycles. The van der Waals surface area contributed by atoms with Crippen molar-refractivity contribution in [3.63, 3.8) is 0 Å². The molecule has 0 bridgehead atoms. The number of esters is 1. The number of rotatable bonds is 3. The highest BCUT2D eigenvalue weighted by Crippen LogP contribution is 2.41. The molecule has 19 heavy (non-hydrogen) atoms. The molecule has 0 radical (unpaired) electrons. The van der Waals surface area contributed by atoms with Crippen molar-refractivity contribution in [3.8, 4) is 0 Å². The molecule has 0 amide bonds. The van der Waals surface area contributed by atoms with Crippen molar-refractivity contribution < 1.29 is 40.3 Å². The van der Waals surface area contributed by atoms with Crippen LogP contribution in [-0.4, -0.2) is 23.7 Å². The Hall–Kier alpha value is -1.28. The van der Waals surface area contributed by atoms with Crippen LogP contribution >= 0.6 is 0 Å². The molecule has 0 saturated heterocycles. The predicted octanol–water partition coefficient (Wildman–Crippen LogP) is 4.07. The third kappa shape index (κ3) is 5.48. The molecular formula is C10H11F7O2. The Balaban J connectivity index is 5.21. The van der Waals surface area contributed by atoms with Gasteiger partial charge in [-0.3, -0.25) is 0 Å². The molecule has 0 heterocycles. The topological polar surface area (TPSA) is 26.3 Å². The Labute approximate surface area is 104 Å². The van der Waals surface area contributed by atoms with E-state index in [0.29, 0.717) is 0 Å². The van der Waals surface area contributed by atoms with Crippen LogP contribution in [0, 0.1) is 0 Å². The average molecular weight is 296 g/mol. The first kappa shape index (κ1) is 17.7. The van der Waals surface area contributed by atoms with Crippen LogP contribution in [0.25, 0.3) is 0 Å². The lowest BCUT2D eigenvalue weighted by molar-refractivity contribution is -0.281. The third-order valence-electron chi connectivity index (χ3n) is 1.69. The van der Waals surface area contributed by atoms with E-state index in [4.69, 9.17) is 0 Å². The smallest absolute Gasteiger partial charge is 0.453 e. The minimum Gasteiger partial charge on any atom is -0.456 e. The highest BCUT2D eigenvalue weighted by molar-refractivity contribution is 5.89. The van der Waals surface area contributed by atoms with E-state index in [2.05, 4.69) is 4.74 Å². The van der Waals surface area contributed by atoms with E-state index in [-0.39, 0.29) is 0 Å². The van der Waals surface area contributed by atoms with Crippen LogP contribution in [0.4, 0.5) is 30.7 Å². The van der Waals surface area contributed by atoms with Crippen molar-refractivity contribution in [1.82, 2.24) is 0 Å². The molecule has 0 aliphatic heterocycles. The van der Waals surface area contributed by atoms with Crippen molar-refractivity contribution in [2.45, 2.75) is 44.9 Å². The van der Waals surface area contributed by atoms with Crippen LogP contribution < -0.4 is 0 Å². The van der Waals surface area contributed by atoms with Crippen LogP contribution in [0.5, 0.6) is 0 Å². The summed E-state index contributed by atoms with van der Waals surface area (Å²) >= 11 is 0. The first-order valence-electron chi connectivity index (χ1n) is 4.89. The Morgan fingerprint density at radius 3 is 1.68 bits per heavy atom. The van der Waals surface area contributed by atoms with Crippen molar-refractivity contribution in [2.75, 3.05) is 0 Å². The Morgan fingerprint density at radius 1 is 1.00 bits per heavy atom. The molecule has 0 spiro atoms. The van der Waals surface area contributed by atoms with E-state index in [1.165, 1.54) is 20.8 Å². The van der Waals surface area contributed by atoms with Gasteiger partial charge in [0.2, 0.25) is 0 Å². The van der Waals surface area contributed by atoms with Crippen LogP contribution in [-0.2, 0) is 9.53 Å². The summed E-state index contributed by atoms with van der Waals surface area (Å²) < 4.78 is 89.9. The lowest BCUT2D eigenvalue weighted by Crippen LogP contribution is -2.38. The highest BCUT2D eigenvalue weighted by atomic mass is 19.4. The van der Waals surface area contributed by atoms with E-state index in [1.807, 2.05) is 0 Å². The largest absolute Gasteiger partial charge is 0.456 e. The van der Waals surface area contributed by atoms with Gasteiger partial charge in [0, 0.05) is 0 Å². The summed E-state index contributed by atoms with van der Waals surface area (Å²) in [6.45, 7) is 3.75. The van der Waals surface area contributed by atoms with Gasteiger partial charge >= 0.3 is 18.1 Å². The molecule has 0 aromatic rings. The number of carbonyl (C=O) groups excluding carboxylic acids is 1. The van der Waals surface area contributed by atoms with Gasteiger partial charge in [0.05, 0.1) is 6.42 Å². The summed E-state index contributed by atoms with van der Waals surface area (Å²) in [6, 6.07) is 0. The second-order valence-electron chi connectivity index (χ2n) is 4.62. The average Bonchev–Trinajstić information content (AvgIpc) is 2.08. The minimum atomic E-state index is -6.03. The zero-order valence-electron chi connectivity index (χ0n) is 10.2. The SMILES string of the molecule is CC(C)(C)OC(=O)C(CC(F)(F)C(F)(F)F)=C(F)F. The quantitative estimate of drug-likeness (QED) is 0.446. The number of hydrogen-bond acceptors (Lipinski definition) is 2. The maximum absolute atomic E-state index is 12.6. The molecule has 0 aliphatic carbocycles. The van der Waals surface area contributed by atoms with E-state index in [1.54, 1.807) is 0 Å². The molecule has 0 fully saturated rings. The van der Waals surface area contributed by atoms with Crippen LogP contribution in [0.2, 0.25) is 0 Å². The Morgan fingerprint density at radius 2 is 1.42 bits per heavy atom. The number of alkyl halides is 5. The molecular weight excluding hydrogens is 285 g/mol. The summed E-state index contributed by atoms with van der Waals surface area (Å²) in [5.41, 5.74) is -3.29. The number of hydrogen-bond donors (Lipinski definition) is 0. The molecule has 0 aliphatic rings. The van der Waals surface area contributed by atoms with Gasteiger partial charge < -0.3 is 4.74 Å². The van der Waals surface area contributed by atoms with Gasteiger partial charge in [0.15, 0.2) is 0 Å². The fourth-order valence-corrected chi connectivity index (χ4v) is 0.878. The summed E-state index contributed by atoms with van der Waals surface area (Å²) in [4.78, 5) is 11.1. The number of halogens is 7. The summed E-state index contributed by atoms with van der Waals surface area (Å²) in [6.07, 6.45) is -11.4. The van der Waals surface area contributed by atoms with Gasteiger partial charge in [-0.05, 0) is 20.8 Å². The lowest BCUT2D eigenvalue weighted by Gasteiger charge is -2.23. The highest BCUT2D eigenvalue weighted by Gasteiger charge is 2.58. The van der Waals surface area contributed by atoms with Crippen LogP contribution in [0.3, 0.4) is 0 Å². The van der Waals surface area contributed by atoms with Gasteiger partial charge in [0.1, 0.15) is 11.2 Å². The first-order valence-corrected chi connectivity index (χ1v) is 4.89. The van der Waals surface area contributed by atoms with E-state index < -0.39 is 41.7 Å². The predicted molar refractivity (Wildman–Crippen MR) is 50.7 cm³/mol. The molecule has 0 rings (SSSR count). The molecule has 9 heteroatoms. The van der Waals surface area contributed by atoms with Crippen molar-refractivity contribution >= 4 is 5.97 Å². The molecule has 0 N–H and O–H groups in total. The van der Waals surface area contributed by atoms with E-state index >= 15 is 0 Å². The minimum absolute atomic E-state index is 1.25. The molecule has 112 valence electrons. The first-order chi connectivity index (χ1) is 8.17. The third-order valence-corrected chi connectivity index (χ3v) is 1.69. The monoisotopic (exact) mass is 296 g/mol. The van der Waals surface area contributed by atoms with Gasteiger partial charge in [-0.1, -0.05) is 0 Å². The molecule has 0 unspecified atom stereocenters. The maximum Gasteiger partial charge on any atom is 0.453 e. The zero-order chi connectivity index (χ0) is 15.6. The molecule has 0 aromatic heterocycles. The standard InChI is InChI=1S/C10H11F7O2/c1-8(2,3)19-7(18)5(6(11)12)4-9(13,14)10(15,16)17/h4H2,1-3H3. The maximum atomic E-state index is 12.6. The summed E-state index contributed by atoms with van der Waals surface area (Å²) in [5, 5.41) is 0. The number of carbonyl (C=O) groups is 1. The van der Waals surface area contributed by atoms with Gasteiger partial charge in [-0.15, -0.1) is 0 Å². The van der Waals surface area contributed by atoms with Gasteiger partial charge in [-0.25, -0.2) is 4.79 Å². The normalized spacial score (nSPS) is 13.2. The fourth-order valence-electron chi connectivity index (χ4n) is 0.878. The second kappa shape index (κ2) is 5.38. The van der Waals surface area contributed by atoms with Gasteiger partial charge in [0.25, 0.3) is 6.08 Å². The summed E-state index contributed by atoms with van der Waals surface area (Å²) in [7, 11) is 0. The van der Waals surface area contributed by atoms with Crippen molar-refractivity contribution in [3.05, 3.63) is 11.7 Å². The fraction of sp³-hybridized carbons (Fsp3) is 0.700.